The average molecular weight is 389 g/mol. The highest BCUT2D eigenvalue weighted by Crippen LogP contribution is 2.27. The molecule has 0 aliphatic carbocycles. The van der Waals surface area contributed by atoms with Crippen molar-refractivity contribution in [2.75, 3.05) is 18.4 Å². The quantitative estimate of drug-likeness (QED) is 0.861. The molecule has 1 fully saturated rings. The van der Waals surface area contributed by atoms with Gasteiger partial charge in [-0.1, -0.05) is 20.8 Å². The molecule has 5 nitrogen and oxygen atoms in total. The third-order valence-corrected chi connectivity index (χ3v) is 5.50. The smallest absolute Gasteiger partial charge is 0.253 e. The summed E-state index contributed by atoms with van der Waals surface area (Å²) in [5.41, 5.74) is 1.38. The van der Waals surface area contributed by atoms with Gasteiger partial charge < -0.3 is 10.2 Å². The molecular formula is C20H24FN3O2S. The van der Waals surface area contributed by atoms with E-state index in [1.165, 1.54) is 35.6 Å². The van der Waals surface area contributed by atoms with Crippen LogP contribution in [-0.4, -0.2) is 34.8 Å². The number of rotatable bonds is 3. The number of amides is 2. The monoisotopic (exact) mass is 389 g/mol. The normalized spacial score (nSPS) is 15.6. The summed E-state index contributed by atoms with van der Waals surface area (Å²) in [7, 11) is 0. The molecule has 144 valence electrons. The van der Waals surface area contributed by atoms with E-state index in [1.54, 1.807) is 4.90 Å². The summed E-state index contributed by atoms with van der Waals surface area (Å²) in [6.45, 7) is 7.28. The van der Waals surface area contributed by atoms with Crippen molar-refractivity contribution in [3.8, 4) is 0 Å². The molecule has 1 saturated heterocycles. The van der Waals surface area contributed by atoms with Crippen molar-refractivity contribution in [2.24, 2.45) is 5.92 Å². The van der Waals surface area contributed by atoms with Crippen LogP contribution in [0, 0.1) is 11.7 Å². The number of carbonyl (C=O) groups excluding carboxylic acids is 2. The number of likely N-dealkylation sites (tertiary alicyclic amines) is 1. The van der Waals surface area contributed by atoms with Gasteiger partial charge in [0, 0.05) is 35.4 Å². The van der Waals surface area contributed by atoms with Gasteiger partial charge in [0.15, 0.2) is 5.13 Å². The van der Waals surface area contributed by atoms with Crippen LogP contribution in [0.15, 0.2) is 29.6 Å². The van der Waals surface area contributed by atoms with Crippen molar-refractivity contribution in [1.82, 2.24) is 9.88 Å². The van der Waals surface area contributed by atoms with Crippen LogP contribution < -0.4 is 5.32 Å². The van der Waals surface area contributed by atoms with Crippen LogP contribution in [0.4, 0.5) is 9.52 Å². The fourth-order valence-corrected chi connectivity index (χ4v) is 3.94. The number of aromatic nitrogens is 1. The van der Waals surface area contributed by atoms with E-state index in [1.807, 2.05) is 5.38 Å². The molecule has 0 radical (unpaired) electrons. The van der Waals surface area contributed by atoms with E-state index < -0.39 is 0 Å². The van der Waals surface area contributed by atoms with E-state index in [4.69, 9.17) is 0 Å². The lowest BCUT2D eigenvalue weighted by molar-refractivity contribution is -0.121. The van der Waals surface area contributed by atoms with Gasteiger partial charge in [0.05, 0.1) is 5.69 Å². The maximum absolute atomic E-state index is 13.0. The van der Waals surface area contributed by atoms with Crippen LogP contribution in [-0.2, 0) is 10.2 Å². The summed E-state index contributed by atoms with van der Waals surface area (Å²) in [6, 6.07) is 5.55. The lowest BCUT2D eigenvalue weighted by atomic mass is 9.93. The summed E-state index contributed by atoms with van der Waals surface area (Å²) in [6.07, 6.45) is 1.21. The van der Waals surface area contributed by atoms with Crippen LogP contribution in [0.25, 0.3) is 0 Å². The van der Waals surface area contributed by atoms with Crippen LogP contribution in [0.1, 0.15) is 49.7 Å². The first-order valence-corrected chi connectivity index (χ1v) is 9.94. The van der Waals surface area contributed by atoms with Crippen LogP contribution >= 0.6 is 11.3 Å². The summed E-state index contributed by atoms with van der Waals surface area (Å²) < 4.78 is 13.0. The highest BCUT2D eigenvalue weighted by atomic mass is 32.1. The number of thiazole rings is 1. The van der Waals surface area contributed by atoms with Crippen molar-refractivity contribution in [1.29, 1.82) is 0 Å². The maximum Gasteiger partial charge on any atom is 0.253 e. The summed E-state index contributed by atoms with van der Waals surface area (Å²) in [5, 5.41) is 5.50. The fraction of sp³-hybridized carbons (Fsp3) is 0.450. The highest BCUT2D eigenvalue weighted by molar-refractivity contribution is 7.13. The molecule has 0 saturated carbocycles. The number of piperidine rings is 1. The number of halogens is 1. The van der Waals surface area contributed by atoms with Crippen molar-refractivity contribution in [2.45, 2.75) is 39.0 Å². The SMILES string of the molecule is CC(C)(C)c1csc(NC(=O)C2CCN(C(=O)c3ccc(F)cc3)CC2)n1. The largest absolute Gasteiger partial charge is 0.339 e. The van der Waals surface area contributed by atoms with Gasteiger partial charge >= 0.3 is 0 Å². The van der Waals surface area contributed by atoms with Crippen molar-refractivity contribution in [3.63, 3.8) is 0 Å². The Balaban J connectivity index is 1.54. The molecule has 1 aromatic carbocycles. The van der Waals surface area contributed by atoms with Gasteiger partial charge in [0.1, 0.15) is 5.82 Å². The molecular weight excluding hydrogens is 365 g/mol. The number of nitrogens with zero attached hydrogens (tertiary/aromatic N) is 2. The van der Waals surface area contributed by atoms with E-state index in [9.17, 15) is 14.0 Å². The molecule has 1 aliphatic rings. The Bertz CT molecular complexity index is 818. The molecule has 1 aromatic heterocycles. The fourth-order valence-electron chi connectivity index (χ4n) is 3.00. The third kappa shape index (κ3) is 4.71. The third-order valence-electron chi connectivity index (χ3n) is 4.75. The molecule has 27 heavy (non-hydrogen) atoms. The number of anilines is 1. The van der Waals surface area contributed by atoms with Crippen molar-refractivity contribution < 1.29 is 14.0 Å². The minimum absolute atomic E-state index is 0.0429. The predicted molar refractivity (Wildman–Crippen MR) is 104 cm³/mol. The molecule has 0 unspecified atom stereocenters. The number of hydrogen-bond donors (Lipinski definition) is 1. The maximum atomic E-state index is 13.0. The number of nitrogens with one attached hydrogen (secondary N) is 1. The highest BCUT2D eigenvalue weighted by Gasteiger charge is 2.28. The van der Waals surface area contributed by atoms with Crippen LogP contribution in [0.2, 0.25) is 0 Å². The van der Waals surface area contributed by atoms with Gasteiger partial charge in [-0.15, -0.1) is 11.3 Å². The molecule has 1 aliphatic heterocycles. The standard InChI is InChI=1S/C20H24FN3O2S/c1-20(2,3)16-12-27-19(22-16)23-17(25)13-8-10-24(11-9-13)18(26)14-4-6-15(21)7-5-14/h4-7,12-13H,8-11H2,1-3H3,(H,22,23,25). The van der Waals surface area contributed by atoms with Crippen LogP contribution in [0.3, 0.4) is 0 Å². The van der Waals surface area contributed by atoms with Gasteiger partial charge in [-0.05, 0) is 37.1 Å². The average Bonchev–Trinajstić information content (AvgIpc) is 3.11. The summed E-state index contributed by atoms with van der Waals surface area (Å²) in [4.78, 5) is 31.2. The first-order chi connectivity index (χ1) is 12.7. The van der Waals surface area contributed by atoms with E-state index >= 15 is 0 Å². The van der Waals surface area contributed by atoms with Gasteiger partial charge in [-0.3, -0.25) is 9.59 Å². The first-order valence-electron chi connectivity index (χ1n) is 9.06. The molecule has 0 bridgehead atoms. The van der Waals surface area contributed by atoms with Crippen molar-refractivity contribution >= 4 is 28.3 Å². The number of benzene rings is 1. The second-order valence-electron chi connectivity index (χ2n) is 7.85. The summed E-state index contributed by atoms with van der Waals surface area (Å²) in [5.74, 6) is -0.662. The predicted octanol–water partition coefficient (Wildman–Crippen LogP) is 4.07. The van der Waals surface area contributed by atoms with E-state index in [2.05, 4.69) is 31.1 Å². The van der Waals surface area contributed by atoms with E-state index in [0.717, 1.165) is 5.69 Å². The molecule has 7 heteroatoms. The first kappa shape index (κ1) is 19.5. The zero-order valence-corrected chi connectivity index (χ0v) is 16.6. The Kier molecular flexibility index (Phi) is 5.60. The Morgan fingerprint density at radius 3 is 2.37 bits per heavy atom. The summed E-state index contributed by atoms with van der Waals surface area (Å²) >= 11 is 1.43. The molecule has 1 N–H and O–H groups in total. The lowest BCUT2D eigenvalue weighted by Gasteiger charge is -2.31. The molecule has 0 atom stereocenters. The minimum atomic E-state index is -0.362. The Morgan fingerprint density at radius 2 is 1.81 bits per heavy atom. The lowest BCUT2D eigenvalue weighted by Crippen LogP contribution is -2.41. The second kappa shape index (κ2) is 7.76. The zero-order chi connectivity index (χ0) is 19.6. The topological polar surface area (TPSA) is 62.3 Å². The van der Waals surface area contributed by atoms with Gasteiger partial charge in [-0.25, -0.2) is 9.37 Å². The van der Waals surface area contributed by atoms with Gasteiger partial charge in [-0.2, -0.15) is 0 Å². The molecule has 3 rings (SSSR count). The second-order valence-corrected chi connectivity index (χ2v) is 8.71. The van der Waals surface area contributed by atoms with Crippen molar-refractivity contribution in [3.05, 3.63) is 46.7 Å². The van der Waals surface area contributed by atoms with E-state index in [0.29, 0.717) is 36.6 Å². The van der Waals surface area contributed by atoms with E-state index in [-0.39, 0.29) is 29.0 Å². The number of hydrogen-bond acceptors (Lipinski definition) is 4. The van der Waals surface area contributed by atoms with Gasteiger partial charge in [0.25, 0.3) is 5.91 Å². The Hall–Kier alpha value is -2.28. The zero-order valence-electron chi connectivity index (χ0n) is 15.8. The Labute approximate surface area is 162 Å². The molecule has 2 amide bonds. The Morgan fingerprint density at radius 1 is 1.19 bits per heavy atom. The van der Waals surface area contributed by atoms with Crippen LogP contribution in [0.5, 0.6) is 0 Å². The minimum Gasteiger partial charge on any atom is -0.339 e. The molecule has 0 spiro atoms. The van der Waals surface area contributed by atoms with Gasteiger partial charge in [0.2, 0.25) is 5.91 Å². The molecule has 2 heterocycles. The molecule has 2 aromatic rings. The number of carbonyl (C=O) groups is 2.